The number of hydrogen-bond donors (Lipinski definition) is 1. The Morgan fingerprint density at radius 2 is 2.35 bits per heavy atom. The molecule has 0 saturated heterocycles. The minimum absolute atomic E-state index is 0.281. The molecule has 0 amide bonds. The number of benzene rings is 1. The average molecular weight is 234 g/mol. The predicted molar refractivity (Wildman–Crippen MR) is 68.8 cm³/mol. The van der Waals surface area contributed by atoms with E-state index in [1.165, 1.54) is 7.11 Å². The maximum Gasteiger partial charge on any atom is 0.340 e. The maximum atomic E-state index is 11.8. The molecule has 1 aliphatic heterocycles. The summed E-state index contributed by atoms with van der Waals surface area (Å²) in [5.74, 6) is -0.281. The number of fused-ring (bicyclic) bond motifs is 1. The predicted octanol–water partition coefficient (Wildman–Crippen LogP) is 2.11. The fourth-order valence-electron chi connectivity index (χ4n) is 2.30. The molecule has 0 saturated carbocycles. The number of nitrogens with zero attached hydrogens (tertiary/aromatic N) is 1. The van der Waals surface area contributed by atoms with Crippen molar-refractivity contribution in [3.8, 4) is 0 Å². The molecule has 17 heavy (non-hydrogen) atoms. The van der Waals surface area contributed by atoms with Gasteiger partial charge >= 0.3 is 5.97 Å². The molecule has 1 heterocycles. The molecule has 1 aromatic carbocycles. The van der Waals surface area contributed by atoms with E-state index in [4.69, 9.17) is 4.74 Å². The Balaban J connectivity index is 2.51. The highest BCUT2D eigenvalue weighted by molar-refractivity contribution is 6.00. The molecule has 2 rings (SSSR count). The topological polar surface area (TPSA) is 41.6 Å². The van der Waals surface area contributed by atoms with E-state index in [1.807, 2.05) is 18.2 Å². The number of ether oxygens (including phenoxy) is 1. The number of carbonyl (C=O) groups excluding carboxylic acids is 1. The second kappa shape index (κ2) is 4.65. The highest BCUT2D eigenvalue weighted by atomic mass is 16.5. The molecule has 1 aromatic rings. The van der Waals surface area contributed by atoms with Crippen LogP contribution in [0, 0.1) is 0 Å². The normalized spacial score (nSPS) is 18.3. The lowest BCUT2D eigenvalue weighted by Gasteiger charge is -2.36. The summed E-state index contributed by atoms with van der Waals surface area (Å²) >= 11 is 0. The smallest absolute Gasteiger partial charge is 0.340 e. The van der Waals surface area contributed by atoms with Gasteiger partial charge in [0.1, 0.15) is 0 Å². The second-order valence-corrected chi connectivity index (χ2v) is 4.28. The highest BCUT2D eigenvalue weighted by Gasteiger charge is 2.25. The molecule has 0 spiro atoms. The van der Waals surface area contributed by atoms with Crippen LogP contribution >= 0.6 is 0 Å². The van der Waals surface area contributed by atoms with Crippen LogP contribution in [0.15, 0.2) is 18.2 Å². The van der Waals surface area contributed by atoms with Crippen LogP contribution < -0.4 is 10.2 Å². The standard InChI is InChI=1S/C13H18N2O2/c1-4-15-8-9(2)14-11-7-5-6-10(12(11)15)13(16)17-3/h5-7,9,14H,4,8H2,1-3H3. The minimum Gasteiger partial charge on any atom is -0.465 e. The number of rotatable bonds is 2. The van der Waals surface area contributed by atoms with E-state index in [9.17, 15) is 4.79 Å². The van der Waals surface area contributed by atoms with Gasteiger partial charge in [-0.25, -0.2) is 4.79 Å². The van der Waals surface area contributed by atoms with Gasteiger partial charge in [-0.15, -0.1) is 0 Å². The van der Waals surface area contributed by atoms with Gasteiger partial charge in [-0.05, 0) is 26.0 Å². The van der Waals surface area contributed by atoms with Gasteiger partial charge in [0.25, 0.3) is 0 Å². The van der Waals surface area contributed by atoms with Gasteiger partial charge in [-0.2, -0.15) is 0 Å². The van der Waals surface area contributed by atoms with E-state index >= 15 is 0 Å². The van der Waals surface area contributed by atoms with Crippen LogP contribution in [-0.2, 0) is 4.74 Å². The summed E-state index contributed by atoms with van der Waals surface area (Å²) in [6.07, 6.45) is 0. The van der Waals surface area contributed by atoms with Gasteiger partial charge in [0.05, 0.1) is 24.0 Å². The molecule has 1 unspecified atom stereocenters. The van der Waals surface area contributed by atoms with Crippen molar-refractivity contribution in [3.05, 3.63) is 23.8 Å². The van der Waals surface area contributed by atoms with Gasteiger partial charge in [0, 0.05) is 19.1 Å². The number of para-hydroxylation sites is 1. The summed E-state index contributed by atoms with van der Waals surface area (Å²) in [6, 6.07) is 6.07. The Morgan fingerprint density at radius 3 is 3.00 bits per heavy atom. The van der Waals surface area contributed by atoms with E-state index in [1.54, 1.807) is 0 Å². The third-order valence-corrected chi connectivity index (χ3v) is 3.04. The molecular formula is C13H18N2O2. The molecular weight excluding hydrogens is 216 g/mol. The van der Waals surface area contributed by atoms with Crippen LogP contribution in [0.2, 0.25) is 0 Å². The SMILES string of the molecule is CCN1CC(C)Nc2cccc(C(=O)OC)c21. The van der Waals surface area contributed by atoms with Crippen LogP contribution in [0.3, 0.4) is 0 Å². The molecule has 0 bridgehead atoms. The Labute approximate surface area is 102 Å². The van der Waals surface area contributed by atoms with E-state index in [0.717, 1.165) is 24.5 Å². The lowest BCUT2D eigenvalue weighted by molar-refractivity contribution is 0.0601. The molecule has 1 atom stereocenters. The number of nitrogens with one attached hydrogen (secondary N) is 1. The van der Waals surface area contributed by atoms with E-state index in [0.29, 0.717) is 11.6 Å². The molecule has 4 nitrogen and oxygen atoms in total. The third kappa shape index (κ3) is 2.07. The van der Waals surface area contributed by atoms with E-state index in [2.05, 4.69) is 24.1 Å². The van der Waals surface area contributed by atoms with Crippen molar-refractivity contribution in [1.29, 1.82) is 0 Å². The molecule has 0 aliphatic carbocycles. The summed E-state index contributed by atoms with van der Waals surface area (Å²) in [6.45, 7) is 6.01. The maximum absolute atomic E-state index is 11.8. The summed E-state index contributed by atoms with van der Waals surface area (Å²) in [7, 11) is 1.41. The minimum atomic E-state index is -0.281. The van der Waals surface area contributed by atoms with Crippen LogP contribution in [0.4, 0.5) is 11.4 Å². The lowest BCUT2D eigenvalue weighted by Crippen LogP contribution is -2.40. The Hall–Kier alpha value is -1.71. The second-order valence-electron chi connectivity index (χ2n) is 4.28. The molecule has 1 N–H and O–H groups in total. The van der Waals surface area contributed by atoms with Crippen molar-refractivity contribution in [1.82, 2.24) is 0 Å². The van der Waals surface area contributed by atoms with E-state index < -0.39 is 0 Å². The van der Waals surface area contributed by atoms with Crippen molar-refractivity contribution in [2.45, 2.75) is 19.9 Å². The summed E-state index contributed by atoms with van der Waals surface area (Å²) in [4.78, 5) is 14.0. The van der Waals surface area contributed by atoms with Crippen molar-refractivity contribution < 1.29 is 9.53 Å². The number of carbonyl (C=O) groups is 1. The van der Waals surface area contributed by atoms with Gasteiger partial charge in [0.2, 0.25) is 0 Å². The number of hydrogen-bond acceptors (Lipinski definition) is 4. The first-order chi connectivity index (χ1) is 8.17. The highest BCUT2D eigenvalue weighted by Crippen LogP contribution is 2.34. The third-order valence-electron chi connectivity index (χ3n) is 3.04. The molecule has 0 fully saturated rings. The van der Waals surface area contributed by atoms with Crippen LogP contribution in [0.5, 0.6) is 0 Å². The zero-order valence-electron chi connectivity index (χ0n) is 10.5. The first-order valence-electron chi connectivity index (χ1n) is 5.90. The average Bonchev–Trinajstić information content (AvgIpc) is 2.35. The quantitative estimate of drug-likeness (QED) is 0.796. The first-order valence-corrected chi connectivity index (χ1v) is 5.90. The molecule has 0 aromatic heterocycles. The fourth-order valence-corrected chi connectivity index (χ4v) is 2.30. The van der Waals surface area contributed by atoms with Gasteiger partial charge in [-0.1, -0.05) is 6.07 Å². The van der Waals surface area contributed by atoms with Crippen molar-refractivity contribution in [2.75, 3.05) is 30.4 Å². The zero-order valence-corrected chi connectivity index (χ0v) is 10.5. The fraction of sp³-hybridized carbons (Fsp3) is 0.462. The molecule has 92 valence electrons. The number of likely N-dealkylation sites (N-methyl/N-ethyl adjacent to an activating group) is 1. The van der Waals surface area contributed by atoms with Crippen molar-refractivity contribution >= 4 is 17.3 Å². The Bertz CT molecular complexity index is 431. The summed E-state index contributed by atoms with van der Waals surface area (Å²) < 4.78 is 4.83. The summed E-state index contributed by atoms with van der Waals surface area (Å²) in [5, 5.41) is 3.39. The molecule has 4 heteroatoms. The van der Waals surface area contributed by atoms with Crippen molar-refractivity contribution in [2.24, 2.45) is 0 Å². The summed E-state index contributed by atoms with van der Waals surface area (Å²) in [5.41, 5.74) is 2.60. The van der Waals surface area contributed by atoms with Crippen molar-refractivity contribution in [3.63, 3.8) is 0 Å². The van der Waals surface area contributed by atoms with Gasteiger partial charge in [-0.3, -0.25) is 0 Å². The van der Waals surface area contributed by atoms with Crippen LogP contribution in [0.1, 0.15) is 24.2 Å². The number of anilines is 2. The Morgan fingerprint density at radius 1 is 1.59 bits per heavy atom. The van der Waals surface area contributed by atoms with Gasteiger partial charge < -0.3 is 15.0 Å². The largest absolute Gasteiger partial charge is 0.465 e. The van der Waals surface area contributed by atoms with Crippen LogP contribution in [0.25, 0.3) is 0 Å². The lowest BCUT2D eigenvalue weighted by atomic mass is 10.1. The first kappa shape index (κ1) is 11.8. The monoisotopic (exact) mass is 234 g/mol. The van der Waals surface area contributed by atoms with Crippen LogP contribution in [-0.4, -0.2) is 32.2 Å². The van der Waals surface area contributed by atoms with E-state index in [-0.39, 0.29) is 5.97 Å². The molecule has 0 radical (unpaired) electrons. The number of esters is 1. The number of methoxy groups -OCH3 is 1. The zero-order chi connectivity index (χ0) is 12.4. The molecule has 1 aliphatic rings. The van der Waals surface area contributed by atoms with Gasteiger partial charge in [0.15, 0.2) is 0 Å². The Kier molecular flexibility index (Phi) is 3.22.